The number of nitrogens with zero attached hydrogens (tertiary/aromatic N) is 2. The van der Waals surface area contributed by atoms with Gasteiger partial charge in [0.25, 0.3) is 5.91 Å². The zero-order valence-corrected chi connectivity index (χ0v) is 16.1. The van der Waals surface area contributed by atoms with Crippen molar-refractivity contribution in [3.05, 3.63) is 45.4 Å². The van der Waals surface area contributed by atoms with Crippen LogP contribution in [0.1, 0.15) is 28.5 Å². The van der Waals surface area contributed by atoms with Crippen LogP contribution in [0.15, 0.2) is 39.7 Å². The molecule has 0 radical (unpaired) electrons. The maximum Gasteiger partial charge on any atom is 0.297 e. The smallest absolute Gasteiger partial charge is 0.297 e. The number of carbonyl (C=O) groups is 1. The van der Waals surface area contributed by atoms with Crippen LogP contribution in [0, 0.1) is 0 Å². The SMILES string of the molecule is CCS(=O)(=NC(=O)c1cnc(C2(C)OCCO2)s1)c1cccc(Cl)c1. The van der Waals surface area contributed by atoms with Crippen molar-refractivity contribution in [3.8, 4) is 0 Å². The molecule has 1 fully saturated rings. The van der Waals surface area contributed by atoms with Gasteiger partial charge in [-0.2, -0.15) is 4.36 Å². The molecule has 0 saturated carbocycles. The summed E-state index contributed by atoms with van der Waals surface area (Å²) in [4.78, 5) is 17.5. The molecule has 2 heterocycles. The van der Waals surface area contributed by atoms with E-state index >= 15 is 0 Å². The quantitative estimate of drug-likeness (QED) is 0.781. The summed E-state index contributed by atoms with van der Waals surface area (Å²) in [5.41, 5.74) is 0. The molecule has 0 bridgehead atoms. The molecule has 0 N–H and O–H groups in total. The third kappa shape index (κ3) is 3.78. The summed E-state index contributed by atoms with van der Waals surface area (Å²) in [5.74, 6) is -1.31. The minimum absolute atomic E-state index is 0.203. The molecule has 1 atom stereocenters. The van der Waals surface area contributed by atoms with Crippen LogP contribution in [0.3, 0.4) is 0 Å². The number of benzene rings is 1. The van der Waals surface area contributed by atoms with Gasteiger partial charge >= 0.3 is 0 Å². The van der Waals surface area contributed by atoms with Gasteiger partial charge in [-0.1, -0.05) is 24.6 Å². The van der Waals surface area contributed by atoms with Gasteiger partial charge < -0.3 is 9.47 Å². The van der Waals surface area contributed by atoms with Crippen LogP contribution in [-0.4, -0.2) is 34.1 Å². The number of aromatic nitrogens is 1. The zero-order chi connectivity index (χ0) is 18.1. The molecule has 1 aliphatic rings. The van der Waals surface area contributed by atoms with Gasteiger partial charge in [0.1, 0.15) is 4.88 Å². The molecule has 0 aliphatic carbocycles. The third-order valence-electron chi connectivity index (χ3n) is 3.73. The van der Waals surface area contributed by atoms with Crippen molar-refractivity contribution in [1.82, 2.24) is 4.98 Å². The number of hydrogen-bond donors (Lipinski definition) is 0. The first-order valence-electron chi connectivity index (χ1n) is 7.65. The van der Waals surface area contributed by atoms with Crippen LogP contribution in [0.4, 0.5) is 0 Å². The van der Waals surface area contributed by atoms with Crippen molar-refractivity contribution in [2.24, 2.45) is 4.36 Å². The third-order valence-corrected chi connectivity index (χ3v) is 7.37. The monoisotopic (exact) mass is 400 g/mol. The number of hydrogen-bond acceptors (Lipinski definition) is 6. The van der Waals surface area contributed by atoms with Gasteiger partial charge in [-0.25, -0.2) is 9.19 Å². The Bertz CT molecular complexity index is 912. The molecule has 0 spiro atoms. The largest absolute Gasteiger partial charge is 0.342 e. The van der Waals surface area contributed by atoms with E-state index in [1.54, 1.807) is 38.1 Å². The van der Waals surface area contributed by atoms with Crippen molar-refractivity contribution in [2.45, 2.75) is 24.5 Å². The Morgan fingerprint density at radius 3 is 2.80 bits per heavy atom. The molecule has 1 aromatic carbocycles. The van der Waals surface area contributed by atoms with E-state index in [0.717, 1.165) is 11.3 Å². The van der Waals surface area contributed by atoms with E-state index in [2.05, 4.69) is 9.35 Å². The Morgan fingerprint density at radius 2 is 2.16 bits per heavy atom. The first-order chi connectivity index (χ1) is 11.9. The van der Waals surface area contributed by atoms with Gasteiger partial charge in [-0.05, 0) is 25.1 Å². The molecule has 9 heteroatoms. The number of thiazole rings is 1. The fourth-order valence-corrected chi connectivity index (χ4v) is 5.05. The Balaban J connectivity index is 1.93. The fraction of sp³-hybridized carbons (Fsp3) is 0.375. The minimum atomic E-state index is -2.89. The van der Waals surface area contributed by atoms with Crippen molar-refractivity contribution in [2.75, 3.05) is 19.0 Å². The van der Waals surface area contributed by atoms with E-state index in [1.807, 2.05) is 0 Å². The van der Waals surface area contributed by atoms with Crippen LogP contribution in [0.2, 0.25) is 5.02 Å². The summed E-state index contributed by atoms with van der Waals surface area (Å²) >= 11 is 7.10. The average molecular weight is 401 g/mol. The summed E-state index contributed by atoms with van der Waals surface area (Å²) in [6.07, 6.45) is 1.41. The first kappa shape index (κ1) is 18.5. The summed E-state index contributed by atoms with van der Waals surface area (Å²) in [6, 6.07) is 6.60. The molecule has 134 valence electrons. The topological polar surface area (TPSA) is 77.9 Å². The number of amides is 1. The van der Waals surface area contributed by atoms with E-state index in [0.29, 0.717) is 33.0 Å². The molecule has 1 saturated heterocycles. The zero-order valence-electron chi connectivity index (χ0n) is 13.7. The summed E-state index contributed by atoms with van der Waals surface area (Å²) in [7, 11) is -2.89. The summed E-state index contributed by atoms with van der Waals surface area (Å²) < 4.78 is 28.2. The Labute approximate surface area is 155 Å². The highest BCUT2D eigenvalue weighted by Crippen LogP contribution is 2.34. The summed E-state index contributed by atoms with van der Waals surface area (Å²) in [6.45, 7) is 4.43. The number of halogens is 1. The Hall–Kier alpha value is -1.32. The molecule has 6 nitrogen and oxygen atoms in total. The summed E-state index contributed by atoms with van der Waals surface area (Å²) in [5, 5.41) is 0.985. The lowest BCUT2D eigenvalue weighted by molar-refractivity contribution is -0.149. The Morgan fingerprint density at radius 1 is 1.44 bits per heavy atom. The van der Waals surface area contributed by atoms with Crippen molar-refractivity contribution < 1.29 is 18.5 Å². The molecule has 1 unspecified atom stereocenters. The number of rotatable bonds is 4. The molecular formula is C16H17ClN2O4S2. The lowest BCUT2D eigenvalue weighted by Crippen LogP contribution is -2.21. The highest BCUT2D eigenvalue weighted by Gasteiger charge is 2.36. The normalized spacial score (nSPS) is 18.7. The van der Waals surface area contributed by atoms with Crippen LogP contribution in [-0.2, 0) is 25.0 Å². The maximum absolute atomic E-state index is 13.1. The Kier molecular flexibility index (Phi) is 5.26. The van der Waals surface area contributed by atoms with Gasteiger partial charge in [0.05, 0.1) is 29.1 Å². The standard InChI is InChI=1S/C16H17ClN2O4S2/c1-3-25(21,12-6-4-5-11(17)9-12)19-14(20)13-10-18-15(24-13)16(2)22-7-8-23-16/h4-6,9-10H,3,7-8H2,1-2H3. The lowest BCUT2D eigenvalue weighted by Gasteiger charge is -2.18. The van der Waals surface area contributed by atoms with Crippen molar-refractivity contribution >= 4 is 38.6 Å². The van der Waals surface area contributed by atoms with Crippen molar-refractivity contribution in [3.63, 3.8) is 0 Å². The first-order valence-corrected chi connectivity index (χ1v) is 10.5. The predicted molar refractivity (Wildman–Crippen MR) is 96.5 cm³/mol. The van der Waals surface area contributed by atoms with E-state index in [-0.39, 0.29) is 5.75 Å². The molecule has 1 amide bonds. The second-order valence-electron chi connectivity index (χ2n) is 5.46. The predicted octanol–water partition coefficient (Wildman–Crippen LogP) is 3.70. The molecule has 1 aromatic heterocycles. The lowest BCUT2D eigenvalue weighted by atomic mass is 10.3. The van der Waals surface area contributed by atoms with Crippen LogP contribution >= 0.6 is 22.9 Å². The van der Waals surface area contributed by atoms with Crippen LogP contribution < -0.4 is 0 Å². The molecule has 3 rings (SSSR count). The van der Waals surface area contributed by atoms with E-state index < -0.39 is 21.4 Å². The van der Waals surface area contributed by atoms with Crippen molar-refractivity contribution in [1.29, 1.82) is 0 Å². The average Bonchev–Trinajstić information content (AvgIpc) is 3.25. The van der Waals surface area contributed by atoms with Gasteiger partial charge in [-0.15, -0.1) is 11.3 Å². The van der Waals surface area contributed by atoms with Gasteiger partial charge in [0, 0.05) is 15.7 Å². The molecular weight excluding hydrogens is 384 g/mol. The maximum atomic E-state index is 13.1. The van der Waals surface area contributed by atoms with Gasteiger partial charge in [0.15, 0.2) is 5.01 Å². The van der Waals surface area contributed by atoms with Gasteiger partial charge in [0.2, 0.25) is 5.79 Å². The second kappa shape index (κ2) is 7.13. The molecule has 2 aromatic rings. The van der Waals surface area contributed by atoms with E-state index in [1.165, 1.54) is 6.20 Å². The van der Waals surface area contributed by atoms with Crippen LogP contribution in [0.5, 0.6) is 0 Å². The van der Waals surface area contributed by atoms with E-state index in [9.17, 15) is 9.00 Å². The second-order valence-corrected chi connectivity index (χ2v) is 9.43. The highest BCUT2D eigenvalue weighted by atomic mass is 35.5. The highest BCUT2D eigenvalue weighted by molar-refractivity contribution is 7.94. The molecule has 25 heavy (non-hydrogen) atoms. The molecule has 1 aliphatic heterocycles. The minimum Gasteiger partial charge on any atom is -0.342 e. The van der Waals surface area contributed by atoms with E-state index in [4.69, 9.17) is 21.1 Å². The number of ether oxygens (including phenoxy) is 2. The van der Waals surface area contributed by atoms with Crippen LogP contribution in [0.25, 0.3) is 0 Å². The fourth-order valence-electron chi connectivity index (χ4n) is 2.35. The number of carbonyl (C=O) groups excluding carboxylic acids is 1. The van der Waals surface area contributed by atoms with Gasteiger partial charge in [-0.3, -0.25) is 4.79 Å².